The Balaban J connectivity index is 2.44. The Bertz CT molecular complexity index is 608. The second kappa shape index (κ2) is 5.39. The minimum absolute atomic E-state index is 0.250. The summed E-state index contributed by atoms with van der Waals surface area (Å²) < 4.78 is 13.7. The predicted octanol–water partition coefficient (Wildman–Crippen LogP) is 5.13. The average molecular weight is 348 g/mol. The second-order valence-corrected chi connectivity index (χ2v) is 5.35. The van der Waals surface area contributed by atoms with Gasteiger partial charge in [0.15, 0.2) is 5.78 Å². The van der Waals surface area contributed by atoms with E-state index in [9.17, 15) is 9.18 Å². The maximum Gasteiger partial charge on any atom is 0.193 e. The van der Waals surface area contributed by atoms with Crippen molar-refractivity contribution in [3.05, 3.63) is 67.9 Å². The Morgan fingerprint density at radius 3 is 2.33 bits per heavy atom. The fraction of sp³-hybridized carbons (Fsp3) is 0. The van der Waals surface area contributed by atoms with Gasteiger partial charge >= 0.3 is 0 Å². The van der Waals surface area contributed by atoms with Crippen molar-refractivity contribution >= 4 is 44.9 Å². The van der Waals surface area contributed by atoms with Crippen LogP contribution in [0.15, 0.2) is 40.9 Å². The lowest BCUT2D eigenvalue weighted by Crippen LogP contribution is -2.02. The van der Waals surface area contributed by atoms with Crippen molar-refractivity contribution in [1.82, 2.24) is 0 Å². The molecule has 0 atom stereocenters. The van der Waals surface area contributed by atoms with E-state index < -0.39 is 5.82 Å². The molecule has 5 heteroatoms. The molecule has 0 heterocycles. The monoisotopic (exact) mass is 346 g/mol. The maximum atomic E-state index is 13.2. The molecule has 2 aromatic rings. The van der Waals surface area contributed by atoms with E-state index in [1.54, 1.807) is 12.1 Å². The Labute approximate surface area is 122 Å². The lowest BCUT2D eigenvalue weighted by Gasteiger charge is -2.04. The SMILES string of the molecule is O=C(c1cc(F)cc(Br)c1)c1ccc(Cl)c(Cl)c1. The van der Waals surface area contributed by atoms with E-state index in [0.29, 0.717) is 15.1 Å². The van der Waals surface area contributed by atoms with Crippen molar-refractivity contribution < 1.29 is 9.18 Å². The number of halogens is 4. The molecule has 0 fully saturated rings. The molecule has 0 N–H and O–H groups in total. The number of ketones is 1. The molecule has 0 radical (unpaired) electrons. The van der Waals surface area contributed by atoms with E-state index in [4.69, 9.17) is 23.2 Å². The van der Waals surface area contributed by atoms with Crippen LogP contribution < -0.4 is 0 Å². The number of carbonyl (C=O) groups is 1. The Hall–Kier alpha value is -0.900. The highest BCUT2D eigenvalue weighted by Gasteiger charge is 2.12. The molecule has 0 aromatic heterocycles. The molecule has 0 spiro atoms. The molecule has 1 nitrogen and oxygen atoms in total. The first-order valence-electron chi connectivity index (χ1n) is 4.93. The lowest BCUT2D eigenvalue weighted by atomic mass is 10.0. The highest BCUT2D eigenvalue weighted by atomic mass is 79.9. The van der Waals surface area contributed by atoms with Gasteiger partial charge < -0.3 is 0 Å². The van der Waals surface area contributed by atoms with Crippen LogP contribution in [0.4, 0.5) is 4.39 Å². The summed E-state index contributed by atoms with van der Waals surface area (Å²) in [5.74, 6) is -0.790. The van der Waals surface area contributed by atoms with Crippen molar-refractivity contribution in [3.8, 4) is 0 Å². The number of benzene rings is 2. The average Bonchev–Trinajstić information content (AvgIpc) is 2.30. The highest BCUT2D eigenvalue weighted by Crippen LogP contribution is 2.25. The first kappa shape index (κ1) is 13.5. The van der Waals surface area contributed by atoms with Crippen LogP contribution in [0.3, 0.4) is 0 Å². The van der Waals surface area contributed by atoms with E-state index in [1.807, 2.05) is 0 Å². The van der Waals surface area contributed by atoms with Crippen LogP contribution in [-0.4, -0.2) is 5.78 Å². The van der Waals surface area contributed by atoms with Crippen LogP contribution >= 0.6 is 39.1 Å². The molecule has 0 amide bonds. The molecule has 0 aliphatic heterocycles. The topological polar surface area (TPSA) is 17.1 Å². The number of carbonyl (C=O) groups excluding carboxylic acids is 1. The van der Waals surface area contributed by atoms with Gasteiger partial charge in [0.25, 0.3) is 0 Å². The van der Waals surface area contributed by atoms with Crippen LogP contribution in [0.2, 0.25) is 10.0 Å². The van der Waals surface area contributed by atoms with E-state index >= 15 is 0 Å². The van der Waals surface area contributed by atoms with Gasteiger partial charge in [-0.2, -0.15) is 0 Å². The summed E-state index contributed by atoms with van der Waals surface area (Å²) in [4.78, 5) is 12.1. The van der Waals surface area contributed by atoms with Crippen LogP contribution in [0.25, 0.3) is 0 Å². The van der Waals surface area contributed by atoms with Crippen LogP contribution in [0.5, 0.6) is 0 Å². The van der Waals surface area contributed by atoms with E-state index in [2.05, 4.69) is 15.9 Å². The predicted molar refractivity (Wildman–Crippen MR) is 74.0 cm³/mol. The summed E-state index contributed by atoms with van der Waals surface area (Å²) in [6.07, 6.45) is 0. The number of hydrogen-bond acceptors (Lipinski definition) is 1. The molecule has 0 aliphatic carbocycles. The zero-order chi connectivity index (χ0) is 13.3. The summed E-state index contributed by atoms with van der Waals surface area (Å²) in [6.45, 7) is 0. The molecular weight excluding hydrogens is 342 g/mol. The fourth-order valence-corrected chi connectivity index (χ4v) is 2.25. The molecular formula is C13H6BrCl2FO. The number of rotatable bonds is 2. The fourth-order valence-electron chi connectivity index (χ4n) is 1.49. The lowest BCUT2D eigenvalue weighted by molar-refractivity contribution is 0.103. The van der Waals surface area contributed by atoms with Crippen molar-refractivity contribution in [1.29, 1.82) is 0 Å². The molecule has 0 aliphatic rings. The van der Waals surface area contributed by atoms with Crippen molar-refractivity contribution in [2.75, 3.05) is 0 Å². The van der Waals surface area contributed by atoms with Crippen molar-refractivity contribution in [2.45, 2.75) is 0 Å². The third-order valence-electron chi connectivity index (χ3n) is 2.31. The van der Waals surface area contributed by atoms with Gasteiger partial charge in [0, 0.05) is 15.6 Å². The Kier molecular flexibility index (Phi) is 4.05. The molecule has 2 rings (SSSR count). The molecule has 0 saturated heterocycles. The summed E-state index contributed by atoms with van der Waals surface area (Å²) >= 11 is 14.8. The summed E-state index contributed by atoms with van der Waals surface area (Å²) in [5.41, 5.74) is 0.613. The van der Waals surface area contributed by atoms with Gasteiger partial charge in [0.1, 0.15) is 5.82 Å². The zero-order valence-electron chi connectivity index (χ0n) is 8.88. The van der Waals surface area contributed by atoms with Crippen LogP contribution in [0, 0.1) is 5.82 Å². The Morgan fingerprint density at radius 2 is 1.72 bits per heavy atom. The molecule has 0 bridgehead atoms. The highest BCUT2D eigenvalue weighted by molar-refractivity contribution is 9.10. The minimum Gasteiger partial charge on any atom is -0.289 e. The normalized spacial score (nSPS) is 10.4. The van der Waals surface area contributed by atoms with Gasteiger partial charge in [0.05, 0.1) is 10.0 Å². The Morgan fingerprint density at radius 1 is 1.00 bits per heavy atom. The molecule has 0 unspecified atom stereocenters. The molecule has 2 aromatic carbocycles. The zero-order valence-corrected chi connectivity index (χ0v) is 12.0. The minimum atomic E-state index is -0.479. The molecule has 92 valence electrons. The van der Waals surface area contributed by atoms with Gasteiger partial charge in [-0.25, -0.2) is 4.39 Å². The van der Waals surface area contributed by atoms with E-state index in [1.165, 1.54) is 24.3 Å². The standard InChI is InChI=1S/C13H6BrCl2FO/c14-9-3-8(4-10(17)6-9)13(18)7-1-2-11(15)12(16)5-7/h1-6H. The maximum absolute atomic E-state index is 13.2. The van der Waals surface area contributed by atoms with Gasteiger partial charge in [-0.15, -0.1) is 0 Å². The van der Waals surface area contributed by atoms with E-state index in [-0.39, 0.29) is 16.4 Å². The van der Waals surface area contributed by atoms with Gasteiger partial charge in [0.2, 0.25) is 0 Å². The van der Waals surface area contributed by atoms with Crippen LogP contribution in [-0.2, 0) is 0 Å². The summed E-state index contributed by atoms with van der Waals surface area (Å²) in [5, 5.41) is 0.659. The first-order chi connectivity index (χ1) is 8.47. The quantitative estimate of drug-likeness (QED) is 0.688. The third-order valence-corrected chi connectivity index (χ3v) is 3.50. The summed E-state index contributed by atoms with van der Waals surface area (Å²) in [7, 11) is 0. The van der Waals surface area contributed by atoms with Gasteiger partial charge in [-0.1, -0.05) is 39.1 Å². The second-order valence-electron chi connectivity index (χ2n) is 3.62. The van der Waals surface area contributed by atoms with Gasteiger partial charge in [-0.3, -0.25) is 4.79 Å². The molecule has 18 heavy (non-hydrogen) atoms. The number of hydrogen-bond donors (Lipinski definition) is 0. The summed E-state index contributed by atoms with van der Waals surface area (Å²) in [6, 6.07) is 8.56. The largest absolute Gasteiger partial charge is 0.289 e. The van der Waals surface area contributed by atoms with Crippen molar-refractivity contribution in [3.63, 3.8) is 0 Å². The third kappa shape index (κ3) is 2.91. The molecule has 0 saturated carbocycles. The first-order valence-corrected chi connectivity index (χ1v) is 6.48. The van der Waals surface area contributed by atoms with Crippen molar-refractivity contribution in [2.24, 2.45) is 0 Å². The smallest absolute Gasteiger partial charge is 0.193 e. The van der Waals surface area contributed by atoms with Crippen LogP contribution in [0.1, 0.15) is 15.9 Å². The van der Waals surface area contributed by atoms with Gasteiger partial charge in [-0.05, 0) is 36.4 Å². The van der Waals surface area contributed by atoms with E-state index in [0.717, 1.165) is 0 Å².